The lowest BCUT2D eigenvalue weighted by Crippen LogP contribution is -2.55. The molecule has 6 nitrogen and oxygen atoms in total. The highest BCUT2D eigenvalue weighted by Gasteiger charge is 2.34. The maximum absolute atomic E-state index is 11.6. The van der Waals surface area contributed by atoms with Crippen LogP contribution in [0.3, 0.4) is 0 Å². The molecule has 0 aliphatic carbocycles. The van der Waals surface area contributed by atoms with E-state index in [-0.39, 0.29) is 18.7 Å². The molecule has 0 aromatic carbocycles. The Hall–Kier alpha value is -1.11. The van der Waals surface area contributed by atoms with Crippen LogP contribution >= 0.6 is 0 Å². The minimum atomic E-state index is -0.962. The number of aliphatic hydroxyl groups is 2. The molecule has 3 atom stereocenters. The van der Waals surface area contributed by atoms with Crippen LogP contribution in [0.25, 0.3) is 0 Å². The largest absolute Gasteiger partial charge is 0.394 e. The molecule has 0 aromatic heterocycles. The summed E-state index contributed by atoms with van der Waals surface area (Å²) < 4.78 is 5.54. The van der Waals surface area contributed by atoms with Gasteiger partial charge in [-0.05, 0) is 25.3 Å². The van der Waals surface area contributed by atoms with Crippen molar-refractivity contribution in [3.63, 3.8) is 0 Å². The van der Waals surface area contributed by atoms with Crippen molar-refractivity contribution in [2.45, 2.75) is 37.8 Å². The van der Waals surface area contributed by atoms with Gasteiger partial charge in [0.15, 0.2) is 6.23 Å². The minimum Gasteiger partial charge on any atom is -0.394 e. The fraction of sp³-hybridized carbons (Fsp3) is 0.700. The Bertz CT molecular complexity index is 295. The Kier molecular flexibility index (Phi) is 3.42. The topological polar surface area (TPSA) is 82.0 Å². The number of ether oxygens (including phenoxy) is 1. The van der Waals surface area contributed by atoms with Crippen LogP contribution in [0.2, 0.25) is 0 Å². The molecule has 1 saturated heterocycles. The van der Waals surface area contributed by atoms with Crippen LogP contribution in [0.15, 0.2) is 12.3 Å². The summed E-state index contributed by atoms with van der Waals surface area (Å²) in [6, 6.07) is -0.376. The highest BCUT2D eigenvalue weighted by atomic mass is 16.5. The minimum absolute atomic E-state index is 0.0576. The number of hydrogen-bond acceptors (Lipinski definition) is 4. The van der Waals surface area contributed by atoms with Gasteiger partial charge in [0.25, 0.3) is 0 Å². The molecule has 1 fully saturated rings. The van der Waals surface area contributed by atoms with Crippen LogP contribution in [0.4, 0.5) is 4.79 Å². The normalized spacial score (nSPS) is 35.0. The summed E-state index contributed by atoms with van der Waals surface area (Å²) in [5.74, 6) is 0. The van der Waals surface area contributed by atoms with Gasteiger partial charge < -0.3 is 20.3 Å². The van der Waals surface area contributed by atoms with E-state index in [9.17, 15) is 9.90 Å². The lowest BCUT2D eigenvalue weighted by molar-refractivity contribution is -0.153. The van der Waals surface area contributed by atoms with Crippen molar-refractivity contribution in [3.8, 4) is 0 Å². The molecule has 0 saturated carbocycles. The van der Waals surface area contributed by atoms with Crippen molar-refractivity contribution in [2.75, 3.05) is 6.61 Å². The zero-order valence-electron chi connectivity index (χ0n) is 8.87. The van der Waals surface area contributed by atoms with E-state index in [1.807, 2.05) is 0 Å². The summed E-state index contributed by atoms with van der Waals surface area (Å²) in [5.41, 5.74) is 0. The molecule has 0 spiro atoms. The summed E-state index contributed by atoms with van der Waals surface area (Å²) in [7, 11) is 0. The van der Waals surface area contributed by atoms with Gasteiger partial charge in [-0.2, -0.15) is 0 Å². The van der Waals surface area contributed by atoms with E-state index in [4.69, 9.17) is 9.84 Å². The molecule has 2 rings (SSSR count). The zero-order valence-corrected chi connectivity index (χ0v) is 8.87. The Labute approximate surface area is 93.5 Å². The molecule has 1 unspecified atom stereocenters. The SMILES string of the molecule is O=C1NC=CC(O)N1[C@H]1CCC[C@@H](CO)O1. The first kappa shape index (κ1) is 11.4. The van der Waals surface area contributed by atoms with Crippen LogP contribution in [0, 0.1) is 0 Å². The summed E-state index contributed by atoms with van der Waals surface area (Å²) in [6.45, 7) is -0.0576. The number of nitrogens with zero attached hydrogens (tertiary/aromatic N) is 1. The highest BCUT2D eigenvalue weighted by molar-refractivity contribution is 5.76. The van der Waals surface area contributed by atoms with Gasteiger partial charge in [-0.1, -0.05) is 0 Å². The average Bonchev–Trinajstić information content (AvgIpc) is 2.29. The number of carbonyl (C=O) groups is 1. The Morgan fingerprint density at radius 2 is 2.38 bits per heavy atom. The molecule has 2 amide bonds. The first-order valence-corrected chi connectivity index (χ1v) is 5.42. The maximum atomic E-state index is 11.6. The fourth-order valence-electron chi connectivity index (χ4n) is 2.01. The maximum Gasteiger partial charge on any atom is 0.325 e. The van der Waals surface area contributed by atoms with Gasteiger partial charge in [0.2, 0.25) is 0 Å². The lowest BCUT2D eigenvalue weighted by atomic mass is 10.1. The van der Waals surface area contributed by atoms with Crippen LogP contribution in [0.1, 0.15) is 19.3 Å². The first-order chi connectivity index (χ1) is 7.72. The van der Waals surface area contributed by atoms with E-state index in [1.54, 1.807) is 0 Å². The molecule has 2 heterocycles. The molecule has 90 valence electrons. The number of hydrogen-bond donors (Lipinski definition) is 3. The van der Waals surface area contributed by atoms with Crippen LogP contribution < -0.4 is 5.32 Å². The van der Waals surface area contributed by atoms with Crippen molar-refractivity contribution in [1.29, 1.82) is 0 Å². The summed E-state index contributed by atoms with van der Waals surface area (Å²) in [6.07, 6.45) is 3.55. The van der Waals surface area contributed by atoms with E-state index >= 15 is 0 Å². The second kappa shape index (κ2) is 4.82. The van der Waals surface area contributed by atoms with E-state index in [0.29, 0.717) is 6.42 Å². The predicted octanol–water partition coefficient (Wildman–Crippen LogP) is -0.269. The third-order valence-electron chi connectivity index (χ3n) is 2.84. The van der Waals surface area contributed by atoms with Gasteiger partial charge in [0.05, 0.1) is 12.7 Å². The zero-order chi connectivity index (χ0) is 11.5. The Morgan fingerprint density at radius 1 is 1.56 bits per heavy atom. The third kappa shape index (κ3) is 2.18. The van der Waals surface area contributed by atoms with Gasteiger partial charge >= 0.3 is 6.03 Å². The number of nitrogens with one attached hydrogen (secondary N) is 1. The monoisotopic (exact) mass is 228 g/mol. The van der Waals surface area contributed by atoms with E-state index in [2.05, 4.69) is 5.32 Å². The van der Waals surface area contributed by atoms with Gasteiger partial charge in [0.1, 0.15) is 6.23 Å². The van der Waals surface area contributed by atoms with Crippen molar-refractivity contribution in [2.24, 2.45) is 0 Å². The molecule has 16 heavy (non-hydrogen) atoms. The van der Waals surface area contributed by atoms with Gasteiger partial charge in [0, 0.05) is 6.20 Å². The van der Waals surface area contributed by atoms with E-state index < -0.39 is 12.5 Å². The smallest absolute Gasteiger partial charge is 0.325 e. The molecule has 2 aliphatic heterocycles. The number of amides is 2. The van der Waals surface area contributed by atoms with Gasteiger partial charge in [-0.25, -0.2) is 4.79 Å². The quantitative estimate of drug-likeness (QED) is 0.607. The lowest BCUT2D eigenvalue weighted by Gasteiger charge is -2.39. The predicted molar refractivity (Wildman–Crippen MR) is 55.1 cm³/mol. The highest BCUT2D eigenvalue weighted by Crippen LogP contribution is 2.23. The second-order valence-corrected chi connectivity index (χ2v) is 3.96. The van der Waals surface area contributed by atoms with Crippen molar-refractivity contribution < 1.29 is 19.7 Å². The standard InChI is InChI=1S/C10H16N2O4/c13-6-7-2-1-3-9(16-7)12-8(14)4-5-11-10(12)15/h4-5,7-9,13-14H,1-3,6H2,(H,11,15)/t7-,8?,9+/m0/s1. The molecule has 6 heteroatoms. The van der Waals surface area contributed by atoms with E-state index in [0.717, 1.165) is 12.8 Å². The summed E-state index contributed by atoms with van der Waals surface area (Å²) in [4.78, 5) is 12.8. The van der Waals surface area contributed by atoms with Crippen molar-refractivity contribution in [3.05, 3.63) is 12.3 Å². The van der Waals surface area contributed by atoms with Gasteiger partial charge in [-0.15, -0.1) is 0 Å². The molecule has 0 aromatic rings. The molecule has 3 N–H and O–H groups in total. The summed E-state index contributed by atoms with van der Waals surface area (Å²) >= 11 is 0. The second-order valence-electron chi connectivity index (χ2n) is 3.96. The molecule has 0 radical (unpaired) electrons. The van der Waals surface area contributed by atoms with Crippen molar-refractivity contribution >= 4 is 6.03 Å². The molecular weight excluding hydrogens is 212 g/mol. The number of aliphatic hydroxyl groups excluding tert-OH is 2. The third-order valence-corrected chi connectivity index (χ3v) is 2.84. The van der Waals surface area contributed by atoms with E-state index in [1.165, 1.54) is 17.2 Å². The molecular formula is C10H16N2O4. The van der Waals surface area contributed by atoms with Crippen LogP contribution in [-0.2, 0) is 4.74 Å². The first-order valence-electron chi connectivity index (χ1n) is 5.42. The average molecular weight is 228 g/mol. The Balaban J connectivity index is 2.05. The number of urea groups is 1. The Morgan fingerprint density at radius 3 is 3.06 bits per heavy atom. The summed E-state index contributed by atoms with van der Waals surface area (Å²) in [5, 5.41) is 21.2. The number of carbonyl (C=O) groups excluding carboxylic acids is 1. The van der Waals surface area contributed by atoms with Crippen molar-refractivity contribution in [1.82, 2.24) is 10.2 Å². The van der Waals surface area contributed by atoms with Crippen LogP contribution in [0.5, 0.6) is 0 Å². The van der Waals surface area contributed by atoms with Gasteiger partial charge in [-0.3, -0.25) is 4.90 Å². The van der Waals surface area contributed by atoms with Crippen LogP contribution in [-0.4, -0.2) is 46.3 Å². The fourth-order valence-corrected chi connectivity index (χ4v) is 2.01. The molecule has 0 bridgehead atoms. The number of rotatable bonds is 2. The molecule has 2 aliphatic rings.